The van der Waals surface area contributed by atoms with E-state index in [1.165, 1.54) is 6.42 Å². The van der Waals surface area contributed by atoms with Crippen LogP contribution in [0.3, 0.4) is 0 Å². The second-order valence-electron chi connectivity index (χ2n) is 6.72. The van der Waals surface area contributed by atoms with E-state index in [2.05, 4.69) is 17.3 Å². The molecule has 1 atom stereocenters. The molecule has 2 heterocycles. The number of carbonyl (C=O) groups is 1. The number of hydrogen-bond donors (Lipinski definition) is 1. The van der Waals surface area contributed by atoms with Gasteiger partial charge in [0.15, 0.2) is 0 Å². The maximum atomic E-state index is 12.3. The van der Waals surface area contributed by atoms with Crippen LogP contribution in [0.1, 0.15) is 31.9 Å². The van der Waals surface area contributed by atoms with E-state index in [0.29, 0.717) is 25.4 Å². The van der Waals surface area contributed by atoms with E-state index < -0.39 is 0 Å². The van der Waals surface area contributed by atoms with E-state index in [0.717, 1.165) is 41.1 Å². The topological polar surface area (TPSA) is 50.2 Å². The van der Waals surface area contributed by atoms with Gasteiger partial charge in [0, 0.05) is 45.0 Å². The highest BCUT2D eigenvalue weighted by Crippen LogP contribution is 2.26. The average molecular weight is 349 g/mol. The third-order valence-electron chi connectivity index (χ3n) is 4.72. The molecule has 1 aromatic heterocycles. The molecular weight excluding hydrogens is 324 g/mol. The zero-order chi connectivity index (χ0) is 17.1. The number of piperidine rings is 1. The quantitative estimate of drug-likeness (QED) is 0.845. The molecule has 130 valence electrons. The van der Waals surface area contributed by atoms with Gasteiger partial charge >= 0.3 is 0 Å². The number of aryl methyl sites for hydroxylation is 1. The monoisotopic (exact) mass is 348 g/mol. The number of likely N-dealkylation sites (tertiary alicyclic amines) is 1. The van der Waals surface area contributed by atoms with Crippen LogP contribution in [0.15, 0.2) is 18.2 Å². The Morgan fingerprint density at radius 1 is 1.46 bits per heavy atom. The zero-order valence-corrected chi connectivity index (χ0v) is 15.1. The van der Waals surface area contributed by atoms with Gasteiger partial charge in [-0.3, -0.25) is 9.48 Å². The van der Waals surface area contributed by atoms with Crippen molar-refractivity contribution in [1.82, 2.24) is 20.0 Å². The molecule has 5 nitrogen and oxygen atoms in total. The van der Waals surface area contributed by atoms with Crippen LogP contribution in [0.5, 0.6) is 0 Å². The van der Waals surface area contributed by atoms with Gasteiger partial charge in [-0.2, -0.15) is 5.10 Å². The first-order chi connectivity index (χ1) is 11.6. The van der Waals surface area contributed by atoms with Crippen LogP contribution in [0.25, 0.3) is 10.9 Å². The highest BCUT2D eigenvalue weighted by Gasteiger charge is 2.20. The summed E-state index contributed by atoms with van der Waals surface area (Å²) >= 11 is 6.31. The minimum Gasteiger partial charge on any atom is -0.342 e. The van der Waals surface area contributed by atoms with Crippen molar-refractivity contribution in [3.63, 3.8) is 0 Å². The number of halogens is 1. The normalized spacial score (nSPS) is 18.3. The Balaban J connectivity index is 1.53. The summed E-state index contributed by atoms with van der Waals surface area (Å²) < 4.78 is 1.85. The van der Waals surface area contributed by atoms with Crippen molar-refractivity contribution in [3.8, 4) is 0 Å². The first-order valence-corrected chi connectivity index (χ1v) is 9.02. The Labute approximate surface area is 148 Å². The molecule has 0 bridgehead atoms. The summed E-state index contributed by atoms with van der Waals surface area (Å²) in [6.45, 7) is 5.30. The molecule has 24 heavy (non-hydrogen) atoms. The Kier molecular flexibility index (Phi) is 5.41. The lowest BCUT2D eigenvalue weighted by Gasteiger charge is -2.31. The van der Waals surface area contributed by atoms with E-state index in [-0.39, 0.29) is 5.91 Å². The molecule has 0 spiro atoms. The minimum atomic E-state index is 0.248. The molecular formula is C18H25ClN4O. The molecule has 2 aromatic rings. The Hall–Kier alpha value is -1.59. The summed E-state index contributed by atoms with van der Waals surface area (Å²) in [7, 11) is 1.92. The number of nitrogens with zero attached hydrogens (tertiary/aromatic N) is 3. The van der Waals surface area contributed by atoms with Crippen LogP contribution < -0.4 is 5.32 Å². The van der Waals surface area contributed by atoms with Crippen molar-refractivity contribution in [2.45, 2.75) is 32.7 Å². The molecule has 1 aromatic carbocycles. The van der Waals surface area contributed by atoms with Crippen molar-refractivity contribution in [3.05, 3.63) is 28.9 Å². The second-order valence-corrected chi connectivity index (χ2v) is 7.13. The minimum absolute atomic E-state index is 0.248. The largest absolute Gasteiger partial charge is 0.342 e. The van der Waals surface area contributed by atoms with Gasteiger partial charge in [0.05, 0.1) is 16.2 Å². The number of aromatic nitrogens is 2. The lowest BCUT2D eigenvalue weighted by molar-refractivity contribution is -0.132. The lowest BCUT2D eigenvalue weighted by Crippen LogP contribution is -2.40. The third-order valence-corrected chi connectivity index (χ3v) is 5.03. The smallest absolute Gasteiger partial charge is 0.223 e. The van der Waals surface area contributed by atoms with E-state index in [1.54, 1.807) is 0 Å². The number of rotatable bonds is 5. The summed E-state index contributed by atoms with van der Waals surface area (Å²) in [5, 5.41) is 9.58. The Morgan fingerprint density at radius 3 is 3.08 bits per heavy atom. The summed E-state index contributed by atoms with van der Waals surface area (Å²) in [5.41, 5.74) is 1.95. The average Bonchev–Trinajstić information content (AvgIpc) is 2.89. The van der Waals surface area contributed by atoms with Crippen LogP contribution in [-0.4, -0.2) is 40.2 Å². The van der Waals surface area contributed by atoms with Crippen molar-refractivity contribution in [2.75, 3.05) is 19.6 Å². The van der Waals surface area contributed by atoms with Crippen LogP contribution in [-0.2, 0) is 18.4 Å². The number of amides is 1. The van der Waals surface area contributed by atoms with E-state index in [9.17, 15) is 4.79 Å². The van der Waals surface area contributed by atoms with Gasteiger partial charge < -0.3 is 10.2 Å². The molecule has 1 N–H and O–H groups in total. The SMILES string of the molecule is C[C@H]1CCCN(C(=O)CCNCc2nn(C)c3cccc(Cl)c23)C1. The maximum absolute atomic E-state index is 12.3. The van der Waals surface area contributed by atoms with Crippen LogP contribution in [0.2, 0.25) is 5.02 Å². The fourth-order valence-electron chi connectivity index (χ4n) is 3.45. The second kappa shape index (κ2) is 7.53. The van der Waals surface area contributed by atoms with Gasteiger partial charge in [-0.05, 0) is 30.9 Å². The molecule has 1 saturated heterocycles. The first kappa shape index (κ1) is 17.2. The number of hydrogen-bond acceptors (Lipinski definition) is 3. The lowest BCUT2D eigenvalue weighted by atomic mass is 10.00. The van der Waals surface area contributed by atoms with Crippen LogP contribution >= 0.6 is 11.6 Å². The van der Waals surface area contributed by atoms with Gasteiger partial charge in [-0.15, -0.1) is 0 Å². The van der Waals surface area contributed by atoms with Crippen LogP contribution in [0.4, 0.5) is 0 Å². The molecule has 0 saturated carbocycles. The molecule has 1 aliphatic rings. The summed E-state index contributed by atoms with van der Waals surface area (Å²) in [4.78, 5) is 14.3. The number of fused-ring (bicyclic) bond motifs is 1. The highest BCUT2D eigenvalue weighted by atomic mass is 35.5. The maximum Gasteiger partial charge on any atom is 0.223 e. The fourth-order valence-corrected chi connectivity index (χ4v) is 3.73. The Bertz CT molecular complexity index is 727. The molecule has 0 aliphatic carbocycles. The van der Waals surface area contributed by atoms with E-state index >= 15 is 0 Å². The van der Waals surface area contributed by atoms with Gasteiger partial charge in [-0.25, -0.2) is 0 Å². The summed E-state index contributed by atoms with van der Waals surface area (Å²) in [6, 6.07) is 5.83. The molecule has 3 rings (SSSR count). The number of nitrogens with one attached hydrogen (secondary N) is 1. The molecule has 1 fully saturated rings. The van der Waals surface area contributed by atoms with Crippen molar-refractivity contribution >= 4 is 28.4 Å². The van der Waals surface area contributed by atoms with E-state index in [1.807, 2.05) is 34.8 Å². The highest BCUT2D eigenvalue weighted by molar-refractivity contribution is 6.35. The van der Waals surface area contributed by atoms with Gasteiger partial charge in [0.1, 0.15) is 0 Å². The standard InChI is InChI=1S/C18H25ClN4O/c1-13-5-4-10-23(12-13)17(24)8-9-20-11-15-18-14(19)6-3-7-16(18)22(2)21-15/h3,6-7,13,20H,4-5,8-12H2,1-2H3/t13-/m0/s1. The van der Waals surface area contributed by atoms with Gasteiger partial charge in [0.25, 0.3) is 0 Å². The van der Waals surface area contributed by atoms with Gasteiger partial charge in [0.2, 0.25) is 5.91 Å². The number of carbonyl (C=O) groups excluding carboxylic acids is 1. The Morgan fingerprint density at radius 2 is 2.29 bits per heavy atom. The molecule has 0 radical (unpaired) electrons. The molecule has 0 unspecified atom stereocenters. The summed E-state index contributed by atoms with van der Waals surface area (Å²) in [5.74, 6) is 0.871. The molecule has 1 aliphatic heterocycles. The molecule has 6 heteroatoms. The fraction of sp³-hybridized carbons (Fsp3) is 0.556. The predicted octanol–water partition coefficient (Wildman–Crippen LogP) is 2.96. The van der Waals surface area contributed by atoms with Gasteiger partial charge in [-0.1, -0.05) is 24.6 Å². The van der Waals surface area contributed by atoms with Crippen LogP contribution in [0, 0.1) is 5.92 Å². The van der Waals surface area contributed by atoms with E-state index in [4.69, 9.17) is 11.6 Å². The van der Waals surface area contributed by atoms with Crippen molar-refractivity contribution < 1.29 is 4.79 Å². The number of benzene rings is 1. The third kappa shape index (κ3) is 3.73. The van der Waals surface area contributed by atoms with Crippen molar-refractivity contribution in [2.24, 2.45) is 13.0 Å². The first-order valence-electron chi connectivity index (χ1n) is 8.65. The van der Waals surface area contributed by atoms with Crippen molar-refractivity contribution in [1.29, 1.82) is 0 Å². The zero-order valence-electron chi connectivity index (χ0n) is 14.4. The molecule has 1 amide bonds. The summed E-state index contributed by atoms with van der Waals surface area (Å²) in [6.07, 6.45) is 2.89. The predicted molar refractivity (Wildman–Crippen MR) is 97.0 cm³/mol.